The van der Waals surface area contributed by atoms with Crippen molar-refractivity contribution in [3.05, 3.63) is 59.7 Å². The van der Waals surface area contributed by atoms with Crippen LogP contribution in [0.5, 0.6) is 0 Å². The second-order valence-electron chi connectivity index (χ2n) is 8.75. The van der Waals surface area contributed by atoms with Gasteiger partial charge in [0.1, 0.15) is 0 Å². The van der Waals surface area contributed by atoms with E-state index in [0.717, 1.165) is 44.6 Å². The zero-order valence-corrected chi connectivity index (χ0v) is 19.7. The molecular weight excluding hydrogens is 448 g/mol. The van der Waals surface area contributed by atoms with Gasteiger partial charge in [-0.2, -0.15) is 0 Å². The van der Waals surface area contributed by atoms with Crippen LogP contribution in [-0.4, -0.2) is 62.8 Å². The molecule has 0 radical (unpaired) electrons. The summed E-state index contributed by atoms with van der Waals surface area (Å²) in [5.41, 5.74) is 2.41. The number of hydrogen-bond donors (Lipinski definition) is 4. The molecule has 2 unspecified atom stereocenters. The molecule has 3 amide bonds. The third-order valence-electron chi connectivity index (χ3n) is 6.06. The van der Waals surface area contributed by atoms with Crippen LogP contribution in [0.1, 0.15) is 46.4 Å². The highest BCUT2D eigenvalue weighted by molar-refractivity contribution is 5.97. The zero-order chi connectivity index (χ0) is 24.5. The van der Waals surface area contributed by atoms with E-state index in [2.05, 4.69) is 21.3 Å². The van der Waals surface area contributed by atoms with Crippen molar-refractivity contribution < 1.29 is 23.9 Å². The summed E-state index contributed by atoms with van der Waals surface area (Å²) < 4.78 is 11.0. The summed E-state index contributed by atoms with van der Waals surface area (Å²) in [5, 5.41) is 11.6. The van der Waals surface area contributed by atoms with Gasteiger partial charge in [-0.05, 0) is 74.2 Å². The fourth-order valence-corrected chi connectivity index (χ4v) is 4.06. The molecule has 4 N–H and O–H groups in total. The molecule has 9 heteroatoms. The van der Waals surface area contributed by atoms with E-state index in [1.807, 2.05) is 0 Å². The summed E-state index contributed by atoms with van der Waals surface area (Å²) >= 11 is 0. The van der Waals surface area contributed by atoms with Gasteiger partial charge >= 0.3 is 0 Å². The molecule has 2 heterocycles. The minimum Gasteiger partial charge on any atom is -0.376 e. The predicted octanol–water partition coefficient (Wildman–Crippen LogP) is 2.55. The monoisotopic (exact) mass is 480 g/mol. The van der Waals surface area contributed by atoms with Gasteiger partial charge in [0.25, 0.3) is 11.8 Å². The minimum absolute atomic E-state index is 0.0637. The van der Waals surface area contributed by atoms with E-state index in [-0.39, 0.29) is 36.5 Å². The van der Waals surface area contributed by atoms with Crippen molar-refractivity contribution in [2.45, 2.75) is 37.9 Å². The SMILES string of the molecule is O=C(CNc1ccc(C(=O)NCC2CCCO2)cc1)Nc1ccc(C(=O)NCC2CCCO2)cc1. The van der Waals surface area contributed by atoms with Crippen molar-refractivity contribution in [3.63, 3.8) is 0 Å². The van der Waals surface area contributed by atoms with E-state index < -0.39 is 0 Å². The fraction of sp³-hybridized carbons (Fsp3) is 0.423. The largest absolute Gasteiger partial charge is 0.376 e. The average Bonchev–Trinajstić information content (AvgIpc) is 3.60. The summed E-state index contributed by atoms with van der Waals surface area (Å²) in [5.74, 6) is -0.531. The maximum absolute atomic E-state index is 12.3. The first-order valence-corrected chi connectivity index (χ1v) is 12.1. The molecule has 0 bridgehead atoms. The van der Waals surface area contributed by atoms with Gasteiger partial charge in [0.15, 0.2) is 0 Å². The van der Waals surface area contributed by atoms with Crippen LogP contribution in [0.4, 0.5) is 11.4 Å². The van der Waals surface area contributed by atoms with E-state index >= 15 is 0 Å². The molecule has 2 aliphatic rings. The molecule has 2 saturated heterocycles. The molecule has 0 aliphatic carbocycles. The van der Waals surface area contributed by atoms with Crippen LogP contribution in [0.3, 0.4) is 0 Å². The molecule has 186 valence electrons. The number of rotatable bonds is 10. The van der Waals surface area contributed by atoms with Crippen LogP contribution in [0, 0.1) is 0 Å². The van der Waals surface area contributed by atoms with E-state index in [1.165, 1.54) is 0 Å². The maximum Gasteiger partial charge on any atom is 0.251 e. The molecule has 35 heavy (non-hydrogen) atoms. The first-order valence-electron chi connectivity index (χ1n) is 12.1. The molecular formula is C26H32N4O5. The average molecular weight is 481 g/mol. The van der Waals surface area contributed by atoms with E-state index in [0.29, 0.717) is 29.9 Å². The molecule has 2 atom stereocenters. The Morgan fingerprint density at radius 2 is 1.20 bits per heavy atom. The fourth-order valence-electron chi connectivity index (χ4n) is 4.06. The quantitative estimate of drug-likeness (QED) is 0.415. The van der Waals surface area contributed by atoms with Gasteiger partial charge in [-0.1, -0.05) is 0 Å². The molecule has 4 rings (SSSR count). The minimum atomic E-state index is -0.223. The lowest BCUT2D eigenvalue weighted by Crippen LogP contribution is -2.31. The van der Waals surface area contributed by atoms with Crippen LogP contribution in [-0.2, 0) is 14.3 Å². The van der Waals surface area contributed by atoms with E-state index in [1.54, 1.807) is 48.5 Å². The van der Waals surface area contributed by atoms with Gasteiger partial charge in [-0.15, -0.1) is 0 Å². The number of amides is 3. The molecule has 0 aromatic heterocycles. The second kappa shape index (κ2) is 12.3. The highest BCUT2D eigenvalue weighted by atomic mass is 16.5. The van der Waals surface area contributed by atoms with Crippen molar-refractivity contribution in [3.8, 4) is 0 Å². The number of carbonyl (C=O) groups excluding carboxylic acids is 3. The van der Waals surface area contributed by atoms with Crippen molar-refractivity contribution in [1.29, 1.82) is 0 Å². The standard InChI is InChI=1S/C26H32N4O5/c31-24(30-21-11-7-19(8-12-21)26(33)29-16-23-4-2-14-35-23)17-27-20-9-5-18(6-10-20)25(32)28-15-22-3-1-13-34-22/h5-12,22-23,27H,1-4,13-17H2,(H,28,32)(H,29,33)(H,30,31). The first-order chi connectivity index (χ1) is 17.1. The van der Waals surface area contributed by atoms with Crippen LogP contribution >= 0.6 is 0 Å². The van der Waals surface area contributed by atoms with E-state index in [4.69, 9.17) is 9.47 Å². The van der Waals surface area contributed by atoms with Crippen molar-refractivity contribution >= 4 is 29.1 Å². The van der Waals surface area contributed by atoms with Gasteiger partial charge in [0.2, 0.25) is 5.91 Å². The Labute approximate surface area is 204 Å². The van der Waals surface area contributed by atoms with Gasteiger partial charge < -0.3 is 30.7 Å². The van der Waals surface area contributed by atoms with Gasteiger partial charge in [0, 0.05) is 48.8 Å². The number of ether oxygens (including phenoxy) is 2. The number of benzene rings is 2. The summed E-state index contributed by atoms with van der Waals surface area (Å²) in [6.45, 7) is 2.59. The van der Waals surface area contributed by atoms with Crippen molar-refractivity contribution in [2.24, 2.45) is 0 Å². The molecule has 0 spiro atoms. The lowest BCUT2D eigenvalue weighted by atomic mass is 10.1. The van der Waals surface area contributed by atoms with Crippen LogP contribution in [0.25, 0.3) is 0 Å². The third kappa shape index (κ3) is 7.53. The summed E-state index contributed by atoms with van der Waals surface area (Å²) in [6.07, 6.45) is 4.20. The van der Waals surface area contributed by atoms with Gasteiger partial charge in [0.05, 0.1) is 18.8 Å². The summed E-state index contributed by atoms with van der Waals surface area (Å²) in [7, 11) is 0. The Hall–Kier alpha value is -3.43. The molecule has 9 nitrogen and oxygen atoms in total. The van der Waals surface area contributed by atoms with Crippen LogP contribution in [0.2, 0.25) is 0 Å². The topological polar surface area (TPSA) is 118 Å². The molecule has 2 aromatic carbocycles. The zero-order valence-electron chi connectivity index (χ0n) is 19.7. The smallest absolute Gasteiger partial charge is 0.251 e. The molecule has 2 fully saturated rings. The number of nitrogens with one attached hydrogen (secondary N) is 4. The van der Waals surface area contributed by atoms with Gasteiger partial charge in [-0.25, -0.2) is 0 Å². The predicted molar refractivity (Wildman–Crippen MR) is 133 cm³/mol. The van der Waals surface area contributed by atoms with Gasteiger partial charge in [-0.3, -0.25) is 14.4 Å². The summed E-state index contributed by atoms with van der Waals surface area (Å²) in [6, 6.07) is 13.7. The Morgan fingerprint density at radius 3 is 1.66 bits per heavy atom. The molecule has 0 saturated carbocycles. The Morgan fingerprint density at radius 1 is 0.714 bits per heavy atom. The number of hydrogen-bond acceptors (Lipinski definition) is 6. The van der Waals surface area contributed by atoms with Crippen molar-refractivity contribution in [1.82, 2.24) is 10.6 Å². The number of anilines is 2. The highest BCUT2D eigenvalue weighted by Gasteiger charge is 2.17. The first kappa shape index (κ1) is 24.7. The Bertz CT molecular complexity index is 997. The number of carbonyl (C=O) groups is 3. The normalized spacial score (nSPS) is 19.2. The van der Waals surface area contributed by atoms with E-state index in [9.17, 15) is 14.4 Å². The van der Waals surface area contributed by atoms with Crippen LogP contribution < -0.4 is 21.3 Å². The lowest BCUT2D eigenvalue weighted by molar-refractivity contribution is -0.114. The highest BCUT2D eigenvalue weighted by Crippen LogP contribution is 2.14. The third-order valence-corrected chi connectivity index (χ3v) is 6.06. The Kier molecular flexibility index (Phi) is 8.69. The summed E-state index contributed by atoms with van der Waals surface area (Å²) in [4.78, 5) is 36.8. The van der Waals surface area contributed by atoms with Crippen molar-refractivity contribution in [2.75, 3.05) is 43.5 Å². The van der Waals surface area contributed by atoms with Crippen LogP contribution in [0.15, 0.2) is 48.5 Å². The second-order valence-corrected chi connectivity index (χ2v) is 8.75. The Balaban J connectivity index is 1.17. The molecule has 2 aliphatic heterocycles. The maximum atomic E-state index is 12.3. The molecule has 2 aromatic rings. The lowest BCUT2D eigenvalue weighted by Gasteiger charge is -2.12.